The first kappa shape index (κ1) is 41.0. The summed E-state index contributed by atoms with van der Waals surface area (Å²) in [6.45, 7) is 4.95. The van der Waals surface area contributed by atoms with Crippen LogP contribution >= 0.6 is 0 Å². The largest absolute Gasteiger partial charge is 0.493 e. The molecule has 0 N–H and O–H groups in total. The van der Waals surface area contributed by atoms with E-state index in [4.69, 9.17) is 56.8 Å². The number of epoxide rings is 1. The van der Waals surface area contributed by atoms with Crippen molar-refractivity contribution in [3.05, 3.63) is 35.6 Å². The van der Waals surface area contributed by atoms with Crippen molar-refractivity contribution in [1.29, 1.82) is 0 Å². The fraction of sp³-hybridized carbons (Fsp3) is 0.568. The lowest BCUT2D eigenvalue weighted by Gasteiger charge is -2.47. The molecular formula is C37H40O20. The summed E-state index contributed by atoms with van der Waals surface area (Å²) in [4.78, 5) is 101. The van der Waals surface area contributed by atoms with Crippen molar-refractivity contribution < 1.29 is 95.2 Å². The monoisotopic (exact) mass is 804 g/mol. The summed E-state index contributed by atoms with van der Waals surface area (Å²) >= 11 is 0. The Morgan fingerprint density at radius 1 is 0.789 bits per heavy atom. The standard InChI is InChI=1S/C37H40O20/c1-14(38)48-13-24-28(51-16(3)40)30(52-17(4)41)31(53-18(5)42)36(54-24)56-35-26-25(21(12-49-35)33(44)47-7)29-32(55-29)37(26)11-20(34(45)57-37)27(43)19-8-9-22(50-15(2)39)23(10-19)46-6/h8-10,12,20,24-26,28-32,35-36H,11,13H2,1-7H3/t20?,24-,25-,26-,28-,29+,30+,31-,32+,35+,36+,37+/m1/s1. The maximum atomic E-state index is 14.0. The Kier molecular flexibility index (Phi) is 11.6. The predicted octanol–water partition coefficient (Wildman–Crippen LogP) is 0.631. The molecule has 0 radical (unpaired) electrons. The molecule has 1 aliphatic carbocycles. The van der Waals surface area contributed by atoms with Gasteiger partial charge in [-0.3, -0.25) is 33.6 Å². The molecule has 0 bridgehead atoms. The van der Waals surface area contributed by atoms with Gasteiger partial charge < -0.3 is 56.8 Å². The van der Waals surface area contributed by atoms with Gasteiger partial charge in [-0.1, -0.05) is 0 Å². The van der Waals surface area contributed by atoms with Crippen LogP contribution in [0.25, 0.3) is 0 Å². The lowest BCUT2D eigenvalue weighted by atomic mass is 9.75. The second-order valence-corrected chi connectivity index (χ2v) is 13.8. The molecule has 6 rings (SSSR count). The van der Waals surface area contributed by atoms with Crippen LogP contribution in [0.15, 0.2) is 30.0 Å². The summed E-state index contributed by atoms with van der Waals surface area (Å²) in [7, 11) is 2.46. The van der Waals surface area contributed by atoms with Crippen molar-refractivity contribution in [1.82, 2.24) is 0 Å². The SMILES string of the molecule is COC(=O)C1=CO[C@@H](O[C@@H]2O[C@H](COC(C)=O)[C@@H](OC(C)=O)[C@H](OC(C)=O)[C@H]2OC(C)=O)[C@H]2[C@@H]1[C@@H]1O[C@@H]1[C@]21CC(C(=O)c2ccc(OC(C)=O)c(OC)c2)C(=O)O1. The number of esters is 7. The number of hydrogen-bond donors (Lipinski definition) is 0. The molecule has 12 atom stereocenters. The topological polar surface area (TPSA) is 251 Å². The van der Waals surface area contributed by atoms with E-state index in [0.29, 0.717) is 0 Å². The Labute approximate surface area is 324 Å². The molecule has 3 saturated heterocycles. The molecule has 57 heavy (non-hydrogen) atoms. The van der Waals surface area contributed by atoms with Crippen molar-refractivity contribution in [3.63, 3.8) is 0 Å². The van der Waals surface area contributed by atoms with Gasteiger partial charge in [-0.2, -0.15) is 0 Å². The number of carbonyl (C=O) groups is 8. The van der Waals surface area contributed by atoms with E-state index in [-0.39, 0.29) is 29.1 Å². The molecule has 4 heterocycles. The van der Waals surface area contributed by atoms with Crippen LogP contribution < -0.4 is 9.47 Å². The number of benzene rings is 1. The van der Waals surface area contributed by atoms with E-state index in [2.05, 4.69) is 0 Å². The molecule has 308 valence electrons. The first-order valence-electron chi connectivity index (χ1n) is 17.7. The van der Waals surface area contributed by atoms with Crippen molar-refractivity contribution in [2.75, 3.05) is 20.8 Å². The lowest BCUT2D eigenvalue weighted by molar-refractivity contribution is -0.350. The van der Waals surface area contributed by atoms with Gasteiger partial charge in [0.2, 0.25) is 12.6 Å². The highest BCUT2D eigenvalue weighted by atomic mass is 16.8. The first-order valence-corrected chi connectivity index (χ1v) is 17.7. The first-order chi connectivity index (χ1) is 27.0. The van der Waals surface area contributed by atoms with Gasteiger partial charge in [-0.15, -0.1) is 0 Å². The Morgan fingerprint density at radius 3 is 2.07 bits per heavy atom. The Balaban J connectivity index is 1.37. The van der Waals surface area contributed by atoms with E-state index in [0.717, 1.165) is 41.1 Å². The van der Waals surface area contributed by atoms with Gasteiger partial charge >= 0.3 is 41.8 Å². The second kappa shape index (κ2) is 16.1. The molecule has 4 aliphatic heterocycles. The van der Waals surface area contributed by atoms with Crippen molar-refractivity contribution >= 4 is 47.6 Å². The number of fused-ring (bicyclic) bond motifs is 5. The number of hydrogen-bond acceptors (Lipinski definition) is 20. The summed E-state index contributed by atoms with van der Waals surface area (Å²) in [6, 6.07) is 4.01. The normalized spacial score (nSPS) is 33.2. The van der Waals surface area contributed by atoms with Crippen LogP contribution in [0.1, 0.15) is 51.4 Å². The van der Waals surface area contributed by atoms with Crippen molar-refractivity contribution in [2.45, 2.75) is 95.8 Å². The summed E-state index contributed by atoms with van der Waals surface area (Å²) in [5.74, 6) is -9.67. The van der Waals surface area contributed by atoms with Gasteiger partial charge in [0.15, 0.2) is 41.2 Å². The molecule has 20 heteroatoms. The molecule has 1 saturated carbocycles. The molecule has 0 aromatic heterocycles. The van der Waals surface area contributed by atoms with Gasteiger partial charge in [0.1, 0.15) is 24.7 Å². The fourth-order valence-corrected chi connectivity index (χ4v) is 7.95. The third-order valence-electron chi connectivity index (χ3n) is 10.0. The highest BCUT2D eigenvalue weighted by molar-refractivity contribution is 6.10. The van der Waals surface area contributed by atoms with E-state index in [1.807, 2.05) is 0 Å². The molecule has 1 spiro atoms. The molecule has 1 aromatic rings. The lowest BCUT2D eigenvalue weighted by Crippen LogP contribution is -2.64. The fourth-order valence-electron chi connectivity index (χ4n) is 7.95. The number of ketones is 1. The quantitative estimate of drug-likeness (QED) is 0.0701. The number of carbonyl (C=O) groups excluding carboxylic acids is 8. The number of methoxy groups -OCH3 is 2. The molecule has 1 unspecified atom stereocenters. The molecule has 5 aliphatic rings. The maximum absolute atomic E-state index is 14.0. The van der Waals surface area contributed by atoms with Crippen LogP contribution in [-0.4, -0.2) is 123 Å². The maximum Gasteiger partial charge on any atom is 0.337 e. The minimum atomic E-state index is -1.73. The van der Waals surface area contributed by atoms with Crippen molar-refractivity contribution in [2.24, 2.45) is 17.8 Å². The molecular weight excluding hydrogens is 764 g/mol. The van der Waals surface area contributed by atoms with E-state index < -0.39 is 127 Å². The van der Waals surface area contributed by atoms with Crippen molar-refractivity contribution in [3.8, 4) is 11.5 Å². The van der Waals surface area contributed by atoms with Crippen LogP contribution in [0.4, 0.5) is 0 Å². The van der Waals surface area contributed by atoms with Crippen LogP contribution in [0, 0.1) is 17.8 Å². The summed E-state index contributed by atoms with van der Waals surface area (Å²) < 4.78 is 67.7. The summed E-state index contributed by atoms with van der Waals surface area (Å²) in [5, 5.41) is 0. The summed E-state index contributed by atoms with van der Waals surface area (Å²) in [6.07, 6.45) is -10.1. The Morgan fingerprint density at radius 2 is 1.46 bits per heavy atom. The number of ether oxygens (including phenoxy) is 12. The third-order valence-corrected chi connectivity index (χ3v) is 10.0. The zero-order valence-electron chi connectivity index (χ0n) is 31.7. The van der Waals surface area contributed by atoms with Crippen LogP contribution in [0.2, 0.25) is 0 Å². The van der Waals surface area contributed by atoms with Gasteiger partial charge in [0, 0.05) is 52.5 Å². The van der Waals surface area contributed by atoms with Crippen LogP contribution in [0.3, 0.4) is 0 Å². The predicted molar refractivity (Wildman–Crippen MR) is 179 cm³/mol. The number of rotatable bonds is 12. The Bertz CT molecular complexity index is 1890. The Hall–Kier alpha value is -5.60. The zero-order chi connectivity index (χ0) is 41.5. The van der Waals surface area contributed by atoms with Gasteiger partial charge in [-0.05, 0) is 18.2 Å². The average molecular weight is 805 g/mol. The van der Waals surface area contributed by atoms with Crippen LogP contribution in [0.5, 0.6) is 11.5 Å². The molecule has 0 amide bonds. The van der Waals surface area contributed by atoms with E-state index >= 15 is 0 Å². The molecule has 4 fully saturated rings. The highest BCUT2D eigenvalue weighted by Gasteiger charge is 2.79. The van der Waals surface area contributed by atoms with Gasteiger partial charge in [-0.25, -0.2) is 4.79 Å². The summed E-state index contributed by atoms with van der Waals surface area (Å²) in [5.41, 5.74) is -1.62. The minimum Gasteiger partial charge on any atom is -0.493 e. The minimum absolute atomic E-state index is 0.00453. The molecule has 1 aromatic carbocycles. The number of Topliss-reactive ketones (excluding diaryl/α,β-unsaturated/α-hetero) is 1. The smallest absolute Gasteiger partial charge is 0.337 e. The third kappa shape index (κ3) is 8.01. The average Bonchev–Trinajstić information content (AvgIpc) is 3.81. The second-order valence-electron chi connectivity index (χ2n) is 13.8. The highest BCUT2D eigenvalue weighted by Crippen LogP contribution is 2.64. The van der Waals surface area contributed by atoms with Gasteiger partial charge in [0.25, 0.3) is 0 Å². The van der Waals surface area contributed by atoms with Gasteiger partial charge in [0.05, 0.1) is 38.1 Å². The van der Waals surface area contributed by atoms with E-state index in [9.17, 15) is 38.4 Å². The van der Waals surface area contributed by atoms with Crippen LogP contribution in [-0.2, 0) is 80.9 Å². The van der Waals surface area contributed by atoms with E-state index in [1.165, 1.54) is 32.2 Å². The zero-order valence-corrected chi connectivity index (χ0v) is 31.7. The van der Waals surface area contributed by atoms with E-state index in [1.54, 1.807) is 0 Å². The molecule has 20 nitrogen and oxygen atoms in total.